The molecule has 3 rings (SSSR count). The second-order valence-corrected chi connectivity index (χ2v) is 22.7. The van der Waals surface area contributed by atoms with Crippen molar-refractivity contribution in [2.24, 2.45) is 0 Å². The zero-order valence-electron chi connectivity index (χ0n) is 23.1. The highest BCUT2D eigenvalue weighted by molar-refractivity contribution is 7.04. The van der Waals surface area contributed by atoms with Crippen LogP contribution in [0.15, 0.2) is 60.7 Å². The van der Waals surface area contributed by atoms with E-state index in [4.69, 9.17) is 9.16 Å². The van der Waals surface area contributed by atoms with Crippen molar-refractivity contribution >= 4 is 26.8 Å². The molecule has 2 aromatic rings. The SMILES string of the molecule is CC(C)[Si](OC[C@H]1C[C@@H](C[Si](c2ccccc2)(c2ccccc2)C(C)(C)C)O1)(C(C)C)C(C)C. The Kier molecular flexibility index (Phi) is 8.71. The molecule has 2 atom stereocenters. The van der Waals surface area contributed by atoms with Crippen LogP contribution in [0.2, 0.25) is 27.7 Å². The number of ether oxygens (including phenoxy) is 1. The molecule has 0 unspecified atom stereocenters. The summed E-state index contributed by atoms with van der Waals surface area (Å²) in [6.07, 6.45) is 1.67. The first kappa shape index (κ1) is 27.4. The predicted molar refractivity (Wildman–Crippen MR) is 153 cm³/mol. The molecule has 0 N–H and O–H groups in total. The van der Waals surface area contributed by atoms with Crippen molar-refractivity contribution in [2.45, 2.75) is 109 Å². The van der Waals surface area contributed by atoms with Gasteiger partial charge >= 0.3 is 0 Å². The quantitative estimate of drug-likeness (QED) is 0.319. The number of hydrogen-bond acceptors (Lipinski definition) is 2. The molecule has 0 spiro atoms. The molecule has 0 radical (unpaired) electrons. The second-order valence-electron chi connectivity index (χ2n) is 12.3. The third kappa shape index (κ3) is 5.16. The van der Waals surface area contributed by atoms with Crippen molar-refractivity contribution in [1.29, 1.82) is 0 Å². The Morgan fingerprint density at radius 3 is 1.53 bits per heavy atom. The van der Waals surface area contributed by atoms with Crippen LogP contribution < -0.4 is 10.4 Å². The maximum atomic E-state index is 6.86. The van der Waals surface area contributed by atoms with Crippen LogP contribution in [0.4, 0.5) is 0 Å². The van der Waals surface area contributed by atoms with Crippen molar-refractivity contribution in [1.82, 2.24) is 0 Å². The van der Waals surface area contributed by atoms with E-state index in [1.807, 2.05) is 0 Å². The average Bonchev–Trinajstić information content (AvgIpc) is 2.74. The summed E-state index contributed by atoms with van der Waals surface area (Å²) in [6, 6.07) is 23.7. The van der Waals surface area contributed by atoms with Crippen LogP contribution in [0, 0.1) is 0 Å². The van der Waals surface area contributed by atoms with Crippen LogP contribution in [0.3, 0.4) is 0 Å². The lowest BCUT2D eigenvalue weighted by atomic mass is 10.1. The van der Waals surface area contributed by atoms with Crippen LogP contribution in [0.25, 0.3) is 0 Å². The van der Waals surface area contributed by atoms with Crippen molar-refractivity contribution in [3.8, 4) is 0 Å². The molecule has 1 aliphatic heterocycles. The van der Waals surface area contributed by atoms with Gasteiger partial charge in [0.2, 0.25) is 0 Å². The first-order chi connectivity index (χ1) is 15.9. The van der Waals surface area contributed by atoms with Gasteiger partial charge in [0.1, 0.15) is 8.07 Å². The molecule has 1 fully saturated rings. The third-order valence-electron chi connectivity index (χ3n) is 8.48. The van der Waals surface area contributed by atoms with E-state index in [1.165, 1.54) is 10.4 Å². The van der Waals surface area contributed by atoms with E-state index in [0.29, 0.717) is 22.7 Å². The largest absolute Gasteiger partial charge is 0.413 e. The number of benzene rings is 2. The molecule has 2 aromatic carbocycles. The van der Waals surface area contributed by atoms with Gasteiger partial charge in [-0.15, -0.1) is 0 Å². The van der Waals surface area contributed by atoms with Crippen molar-refractivity contribution in [3.63, 3.8) is 0 Å². The summed E-state index contributed by atoms with van der Waals surface area (Å²) in [6.45, 7) is 22.2. The van der Waals surface area contributed by atoms with Gasteiger partial charge in [-0.3, -0.25) is 0 Å². The molecule has 0 aliphatic carbocycles. The fourth-order valence-electron chi connectivity index (χ4n) is 6.89. The van der Waals surface area contributed by atoms with Gasteiger partial charge in [0, 0.05) is 6.42 Å². The second kappa shape index (κ2) is 10.8. The van der Waals surface area contributed by atoms with Crippen LogP contribution >= 0.6 is 0 Å². The smallest absolute Gasteiger partial charge is 0.200 e. The van der Waals surface area contributed by atoms with Crippen molar-refractivity contribution in [3.05, 3.63) is 60.7 Å². The fraction of sp³-hybridized carbons (Fsp3) is 0.600. The Labute approximate surface area is 211 Å². The lowest BCUT2D eigenvalue weighted by Crippen LogP contribution is -2.66. The molecule has 1 saturated heterocycles. The minimum absolute atomic E-state index is 0.176. The Morgan fingerprint density at radius 1 is 0.765 bits per heavy atom. The molecule has 0 aromatic heterocycles. The standard InChI is InChI=1S/C30H48O2Si2/c1-23(2)34(24(3)4,25(5)6)31-21-26-20-27(32-26)22-33(30(7,8)9,28-16-12-10-13-17-28)29-18-14-11-15-19-29/h10-19,23-27H,20-22H2,1-9H3/t26-,27+/m1/s1. The maximum Gasteiger partial charge on any atom is 0.200 e. The van der Waals surface area contributed by atoms with Gasteiger partial charge in [-0.1, -0.05) is 133 Å². The van der Waals surface area contributed by atoms with E-state index in [2.05, 4.69) is 123 Å². The minimum atomic E-state index is -2.08. The summed E-state index contributed by atoms with van der Waals surface area (Å²) < 4.78 is 13.5. The molecule has 0 bridgehead atoms. The summed E-state index contributed by atoms with van der Waals surface area (Å²) in [5, 5.41) is 3.21. The average molecular weight is 497 g/mol. The van der Waals surface area contributed by atoms with Crippen LogP contribution in [-0.2, 0) is 9.16 Å². The van der Waals surface area contributed by atoms with Gasteiger partial charge in [0.15, 0.2) is 8.32 Å². The zero-order chi connectivity index (χ0) is 25.1. The van der Waals surface area contributed by atoms with Gasteiger partial charge < -0.3 is 9.16 Å². The normalized spacial score (nSPS) is 19.6. The van der Waals surface area contributed by atoms with E-state index < -0.39 is 16.4 Å². The Hall–Kier alpha value is -1.21. The van der Waals surface area contributed by atoms with Gasteiger partial charge in [0.05, 0.1) is 18.8 Å². The van der Waals surface area contributed by atoms with Crippen LogP contribution in [-0.4, -0.2) is 35.2 Å². The van der Waals surface area contributed by atoms with Gasteiger partial charge in [-0.05, 0) is 27.7 Å². The van der Waals surface area contributed by atoms with Gasteiger partial charge in [-0.2, -0.15) is 0 Å². The van der Waals surface area contributed by atoms with E-state index >= 15 is 0 Å². The first-order valence-electron chi connectivity index (χ1n) is 13.4. The van der Waals surface area contributed by atoms with E-state index in [-0.39, 0.29) is 11.1 Å². The summed E-state index contributed by atoms with van der Waals surface area (Å²) >= 11 is 0. The maximum absolute atomic E-state index is 6.86. The zero-order valence-corrected chi connectivity index (χ0v) is 25.1. The molecular weight excluding hydrogens is 449 g/mol. The predicted octanol–water partition coefficient (Wildman–Crippen LogP) is 7.40. The van der Waals surface area contributed by atoms with Crippen molar-refractivity contribution in [2.75, 3.05) is 6.61 Å². The fourth-order valence-corrected chi connectivity index (χ4v) is 18.0. The van der Waals surface area contributed by atoms with E-state index in [1.54, 1.807) is 0 Å². The van der Waals surface area contributed by atoms with E-state index in [0.717, 1.165) is 19.1 Å². The molecule has 1 aliphatic rings. The molecular formula is C30H48O2Si2. The summed E-state index contributed by atoms with van der Waals surface area (Å²) in [5.74, 6) is 0. The monoisotopic (exact) mass is 496 g/mol. The Morgan fingerprint density at radius 2 is 1.18 bits per heavy atom. The molecule has 0 saturated carbocycles. The molecule has 188 valence electrons. The Bertz CT molecular complexity index is 820. The summed E-state index contributed by atoms with van der Waals surface area (Å²) in [7, 11) is -3.93. The van der Waals surface area contributed by atoms with Crippen LogP contribution in [0.5, 0.6) is 0 Å². The highest BCUT2D eigenvalue weighted by atomic mass is 28.4. The highest BCUT2D eigenvalue weighted by Crippen LogP contribution is 2.45. The lowest BCUT2D eigenvalue weighted by Gasteiger charge is -2.50. The molecule has 1 heterocycles. The minimum Gasteiger partial charge on any atom is -0.413 e. The van der Waals surface area contributed by atoms with Crippen LogP contribution in [0.1, 0.15) is 68.7 Å². The van der Waals surface area contributed by atoms with E-state index in [9.17, 15) is 0 Å². The molecule has 34 heavy (non-hydrogen) atoms. The highest BCUT2D eigenvalue weighted by Gasteiger charge is 2.51. The third-order valence-corrected chi connectivity index (χ3v) is 20.8. The van der Waals surface area contributed by atoms with Crippen molar-refractivity contribution < 1.29 is 9.16 Å². The number of rotatable bonds is 10. The summed E-state index contributed by atoms with van der Waals surface area (Å²) in [4.78, 5) is 0. The van der Waals surface area contributed by atoms with Gasteiger partial charge in [-0.25, -0.2) is 0 Å². The Balaban J connectivity index is 1.79. The molecule has 0 amide bonds. The summed E-state index contributed by atoms with van der Waals surface area (Å²) in [5.41, 5.74) is 1.83. The lowest BCUT2D eigenvalue weighted by molar-refractivity contribution is -0.131. The van der Waals surface area contributed by atoms with Gasteiger partial charge in [0.25, 0.3) is 0 Å². The molecule has 2 nitrogen and oxygen atoms in total. The number of hydrogen-bond donors (Lipinski definition) is 0. The topological polar surface area (TPSA) is 18.5 Å². The molecule has 4 heteroatoms. The first-order valence-corrected chi connectivity index (χ1v) is 17.7.